The summed E-state index contributed by atoms with van der Waals surface area (Å²) >= 11 is 0. The Morgan fingerprint density at radius 2 is 1.69 bits per heavy atom. The maximum atomic E-state index is 12.3. The third-order valence-electron chi connectivity index (χ3n) is 4.12. The smallest absolute Gasteiger partial charge is 0.261 e. The van der Waals surface area contributed by atoms with Crippen LogP contribution in [0.2, 0.25) is 0 Å². The van der Waals surface area contributed by atoms with E-state index in [0.717, 1.165) is 17.6 Å². The lowest BCUT2D eigenvalue weighted by atomic mass is 10.2. The van der Waals surface area contributed by atoms with Crippen molar-refractivity contribution >= 4 is 21.6 Å². The summed E-state index contributed by atoms with van der Waals surface area (Å²) in [4.78, 5) is 12.3. The van der Waals surface area contributed by atoms with Gasteiger partial charge in [0, 0.05) is 13.6 Å². The summed E-state index contributed by atoms with van der Waals surface area (Å²) in [5.74, 6) is 0.985. The lowest BCUT2D eigenvalue weighted by molar-refractivity contribution is -0.127. The largest absolute Gasteiger partial charge is 0.491 e. The summed E-state index contributed by atoms with van der Waals surface area (Å²) in [6, 6.07) is 14.1. The molecule has 0 unspecified atom stereocenters. The first-order valence-electron chi connectivity index (χ1n) is 9.30. The number of benzene rings is 2. The zero-order valence-electron chi connectivity index (χ0n) is 17.4. The molecule has 2 aromatic carbocycles. The topological polar surface area (TPSA) is 84.9 Å². The molecule has 158 valence electrons. The summed E-state index contributed by atoms with van der Waals surface area (Å²) in [5.41, 5.74) is 1.44. The van der Waals surface area contributed by atoms with Crippen molar-refractivity contribution in [2.24, 2.45) is 0 Å². The van der Waals surface area contributed by atoms with Crippen molar-refractivity contribution in [1.29, 1.82) is 0 Å². The van der Waals surface area contributed by atoms with E-state index in [1.54, 1.807) is 31.2 Å². The van der Waals surface area contributed by atoms with E-state index in [9.17, 15) is 13.2 Å². The van der Waals surface area contributed by atoms with Gasteiger partial charge >= 0.3 is 0 Å². The number of ether oxygens (including phenoxy) is 2. The van der Waals surface area contributed by atoms with Crippen LogP contribution in [0.25, 0.3) is 0 Å². The normalized spacial score (nSPS) is 12.3. The van der Waals surface area contributed by atoms with Crippen LogP contribution in [0.1, 0.15) is 26.3 Å². The number of sulfonamides is 1. The second-order valence-electron chi connectivity index (χ2n) is 7.02. The number of amides is 1. The minimum atomic E-state index is -3.33. The molecule has 0 aliphatic carbocycles. The van der Waals surface area contributed by atoms with Crippen molar-refractivity contribution in [1.82, 2.24) is 5.32 Å². The molecule has 8 heteroatoms. The number of carbonyl (C=O) groups excluding carboxylic acids is 1. The monoisotopic (exact) mass is 420 g/mol. The zero-order valence-corrected chi connectivity index (χ0v) is 18.2. The second kappa shape index (κ2) is 9.65. The Morgan fingerprint density at radius 3 is 2.28 bits per heavy atom. The molecule has 0 fully saturated rings. The van der Waals surface area contributed by atoms with Crippen LogP contribution in [0.3, 0.4) is 0 Å². The van der Waals surface area contributed by atoms with Gasteiger partial charge in [-0.05, 0) is 62.7 Å². The highest BCUT2D eigenvalue weighted by atomic mass is 32.2. The molecule has 0 saturated heterocycles. The fourth-order valence-electron chi connectivity index (χ4n) is 2.52. The van der Waals surface area contributed by atoms with Crippen LogP contribution in [0.5, 0.6) is 11.5 Å². The van der Waals surface area contributed by atoms with Gasteiger partial charge in [0.15, 0.2) is 6.10 Å². The van der Waals surface area contributed by atoms with E-state index in [1.807, 2.05) is 38.1 Å². The lowest BCUT2D eigenvalue weighted by Crippen LogP contribution is -2.35. The molecule has 1 amide bonds. The van der Waals surface area contributed by atoms with Crippen LogP contribution in [0.15, 0.2) is 48.5 Å². The van der Waals surface area contributed by atoms with Crippen molar-refractivity contribution in [2.45, 2.75) is 39.5 Å². The molecule has 0 aliphatic rings. The molecular formula is C21H28N2O5S. The SMILES string of the molecule is CC(C)Oc1cccc(CNC(=O)[C@@H](C)Oc2ccc(N(C)S(C)(=O)=O)cc2)c1. The molecule has 1 atom stereocenters. The average Bonchev–Trinajstić information content (AvgIpc) is 2.65. The molecule has 0 aromatic heterocycles. The van der Waals surface area contributed by atoms with Crippen LogP contribution >= 0.6 is 0 Å². The molecule has 0 radical (unpaired) electrons. The third kappa shape index (κ3) is 6.98. The van der Waals surface area contributed by atoms with Crippen molar-refractivity contribution in [3.8, 4) is 11.5 Å². The lowest BCUT2D eigenvalue weighted by Gasteiger charge is -2.18. The number of nitrogens with one attached hydrogen (secondary N) is 1. The Hall–Kier alpha value is -2.74. The fourth-order valence-corrected chi connectivity index (χ4v) is 3.02. The molecule has 1 N–H and O–H groups in total. The number of anilines is 1. The van der Waals surface area contributed by atoms with Crippen molar-refractivity contribution in [3.05, 3.63) is 54.1 Å². The maximum Gasteiger partial charge on any atom is 0.261 e. The molecule has 7 nitrogen and oxygen atoms in total. The molecule has 0 heterocycles. The molecule has 0 saturated carbocycles. The maximum absolute atomic E-state index is 12.3. The number of nitrogens with zero attached hydrogens (tertiary/aromatic N) is 1. The molecule has 2 aromatic rings. The number of hydrogen-bond donors (Lipinski definition) is 1. The summed E-state index contributed by atoms with van der Waals surface area (Å²) < 4.78 is 35.6. The van der Waals surface area contributed by atoms with Gasteiger partial charge in [-0.1, -0.05) is 12.1 Å². The van der Waals surface area contributed by atoms with E-state index in [2.05, 4.69) is 5.32 Å². The highest BCUT2D eigenvalue weighted by Gasteiger charge is 2.16. The predicted molar refractivity (Wildman–Crippen MR) is 114 cm³/mol. The van der Waals surface area contributed by atoms with E-state index in [4.69, 9.17) is 9.47 Å². The van der Waals surface area contributed by atoms with Gasteiger partial charge in [0.1, 0.15) is 11.5 Å². The van der Waals surface area contributed by atoms with Crippen molar-refractivity contribution in [3.63, 3.8) is 0 Å². The first-order chi connectivity index (χ1) is 13.6. The summed E-state index contributed by atoms with van der Waals surface area (Å²) in [6.45, 7) is 5.93. The van der Waals surface area contributed by atoms with E-state index in [1.165, 1.54) is 11.4 Å². The standard InChI is InChI=1S/C21H28N2O5S/c1-15(2)27-20-8-6-7-17(13-20)14-22-21(24)16(3)28-19-11-9-18(10-12-19)23(4)29(5,25)26/h6-13,15-16H,14H2,1-5H3,(H,22,24)/t16-/m1/s1. The van der Waals surface area contributed by atoms with E-state index in [-0.39, 0.29) is 12.0 Å². The Labute approximate surface area is 172 Å². The Morgan fingerprint density at radius 1 is 1.03 bits per heavy atom. The van der Waals surface area contributed by atoms with Gasteiger partial charge in [0.2, 0.25) is 10.0 Å². The third-order valence-corrected chi connectivity index (χ3v) is 5.32. The first kappa shape index (κ1) is 22.5. The Kier molecular flexibility index (Phi) is 7.50. The van der Waals surface area contributed by atoms with Gasteiger partial charge in [-0.3, -0.25) is 9.10 Å². The van der Waals surface area contributed by atoms with Crippen molar-refractivity contribution in [2.75, 3.05) is 17.6 Å². The van der Waals surface area contributed by atoms with E-state index in [0.29, 0.717) is 18.0 Å². The second-order valence-corrected chi connectivity index (χ2v) is 9.03. The summed E-state index contributed by atoms with van der Waals surface area (Å²) in [5, 5.41) is 2.84. The number of hydrogen-bond acceptors (Lipinski definition) is 5. The minimum Gasteiger partial charge on any atom is -0.491 e. The van der Waals surface area contributed by atoms with Crippen LogP contribution in [-0.4, -0.2) is 39.8 Å². The summed E-state index contributed by atoms with van der Waals surface area (Å²) in [7, 11) is -1.85. The van der Waals surface area contributed by atoms with Gasteiger partial charge in [0.05, 0.1) is 18.0 Å². The predicted octanol–water partition coefficient (Wildman–Crippen LogP) is 2.95. The van der Waals surface area contributed by atoms with Crippen LogP contribution in [0, 0.1) is 0 Å². The highest BCUT2D eigenvalue weighted by Crippen LogP contribution is 2.21. The van der Waals surface area contributed by atoms with Crippen molar-refractivity contribution < 1.29 is 22.7 Å². The first-order valence-corrected chi connectivity index (χ1v) is 11.1. The molecule has 0 aliphatic heterocycles. The molecule has 29 heavy (non-hydrogen) atoms. The molecule has 2 rings (SSSR count). The highest BCUT2D eigenvalue weighted by molar-refractivity contribution is 7.92. The minimum absolute atomic E-state index is 0.0804. The molecule has 0 spiro atoms. The molecule has 0 bridgehead atoms. The Balaban J connectivity index is 1.91. The zero-order chi connectivity index (χ0) is 21.6. The van der Waals surface area contributed by atoms with Gasteiger partial charge < -0.3 is 14.8 Å². The number of rotatable bonds is 9. The fraction of sp³-hybridized carbons (Fsp3) is 0.381. The number of carbonyl (C=O) groups is 1. The van der Waals surface area contributed by atoms with Gasteiger partial charge in [-0.15, -0.1) is 0 Å². The van der Waals surface area contributed by atoms with Gasteiger partial charge in [-0.2, -0.15) is 0 Å². The van der Waals surface area contributed by atoms with Crippen LogP contribution in [0.4, 0.5) is 5.69 Å². The van der Waals surface area contributed by atoms with Gasteiger partial charge in [0.25, 0.3) is 5.91 Å². The van der Waals surface area contributed by atoms with Crippen LogP contribution < -0.4 is 19.1 Å². The quantitative estimate of drug-likeness (QED) is 0.674. The van der Waals surface area contributed by atoms with Gasteiger partial charge in [-0.25, -0.2) is 8.42 Å². The average molecular weight is 421 g/mol. The summed E-state index contributed by atoms with van der Waals surface area (Å²) in [6.07, 6.45) is 0.509. The van der Waals surface area contributed by atoms with E-state index >= 15 is 0 Å². The van der Waals surface area contributed by atoms with Crippen LogP contribution in [-0.2, 0) is 21.4 Å². The van der Waals surface area contributed by atoms with E-state index < -0.39 is 16.1 Å². The molecular weight excluding hydrogens is 392 g/mol. The Bertz CT molecular complexity index is 926.